The number of hydrogen-bond acceptors (Lipinski definition) is 13. The first kappa shape index (κ1) is 34.6. The van der Waals surface area contributed by atoms with Crippen molar-refractivity contribution in [2.75, 3.05) is 19.7 Å². The van der Waals surface area contributed by atoms with Crippen LogP contribution >= 0.6 is 23.5 Å². The number of unbranched alkanes of at least 4 members (excludes halogenated alkanes) is 3. The third kappa shape index (κ3) is 11.0. The van der Waals surface area contributed by atoms with Gasteiger partial charge in [-0.05, 0) is 19.4 Å². The molecule has 2 unspecified atom stereocenters. The van der Waals surface area contributed by atoms with Crippen LogP contribution in [0.4, 0.5) is 0 Å². The Kier molecular flexibility index (Phi) is 12.6. The highest BCUT2D eigenvalue weighted by molar-refractivity contribution is 7.66. The minimum Gasteiger partial charge on any atom is -0.387 e. The molecule has 6 atom stereocenters. The first-order valence-electron chi connectivity index (χ1n) is 11.6. The lowest BCUT2D eigenvalue weighted by molar-refractivity contribution is -0.120. The van der Waals surface area contributed by atoms with E-state index in [0.717, 1.165) is 25.5 Å². The molecule has 0 bridgehead atoms. The minimum atomic E-state index is -5.80. The van der Waals surface area contributed by atoms with Crippen molar-refractivity contribution >= 4 is 29.4 Å². The molecule has 2 heterocycles. The van der Waals surface area contributed by atoms with Gasteiger partial charge in [0.2, 0.25) is 5.91 Å². The summed E-state index contributed by atoms with van der Waals surface area (Å²) < 4.78 is 51.5. The number of rotatable bonds is 16. The van der Waals surface area contributed by atoms with Crippen LogP contribution in [0.3, 0.4) is 0 Å². The molecule has 2 rings (SSSR count). The number of aliphatic hydroxyl groups excluding tert-OH is 2. The number of nitrogens with one attached hydrogen (secondary N) is 2. The quantitative estimate of drug-likeness (QED) is 0.0676. The van der Waals surface area contributed by atoms with Gasteiger partial charge in [-0.1, -0.05) is 12.8 Å². The fraction of sp³-hybridized carbons (Fsp3) is 0.706. The number of carbonyl (C=O) groups is 1. The molecular weight excluding hydrogens is 609 g/mol. The molecule has 230 valence electrons. The number of aliphatic hydroxyl groups is 2. The highest BCUT2D eigenvalue weighted by Crippen LogP contribution is 2.66. The minimum absolute atomic E-state index is 0.192. The number of aromatic nitrogens is 2. The molecule has 0 spiro atoms. The van der Waals surface area contributed by atoms with Crippen LogP contribution in [0.15, 0.2) is 15.8 Å². The van der Waals surface area contributed by atoms with E-state index in [2.05, 4.69) is 18.5 Å². The summed E-state index contributed by atoms with van der Waals surface area (Å²) in [6, 6.07) is 0. The van der Waals surface area contributed by atoms with Crippen LogP contribution in [0.1, 0.15) is 37.5 Å². The molecule has 0 aliphatic carbocycles. The summed E-state index contributed by atoms with van der Waals surface area (Å²) in [5.41, 5.74) is 3.23. The van der Waals surface area contributed by atoms with Crippen molar-refractivity contribution in [2.45, 2.75) is 56.6 Å². The summed E-state index contributed by atoms with van der Waals surface area (Å²) in [6.45, 7) is -0.207. The second kappa shape index (κ2) is 14.5. The number of ether oxygens (including phenoxy) is 1. The molecule has 1 aliphatic rings. The molecule has 10 N–H and O–H groups in total. The van der Waals surface area contributed by atoms with Gasteiger partial charge in [0, 0.05) is 18.3 Å². The lowest BCUT2D eigenvalue weighted by atomic mass is 10.1. The monoisotopic (exact) mass is 640 g/mol. The van der Waals surface area contributed by atoms with Crippen LogP contribution in [0.2, 0.25) is 0 Å². The molecule has 0 aromatic carbocycles. The van der Waals surface area contributed by atoms with E-state index < -0.39 is 78.2 Å². The van der Waals surface area contributed by atoms with Gasteiger partial charge in [-0.25, -0.2) is 18.5 Å². The van der Waals surface area contributed by atoms with E-state index in [1.54, 1.807) is 0 Å². The summed E-state index contributed by atoms with van der Waals surface area (Å²) in [5, 5.41) is 23.2. The van der Waals surface area contributed by atoms with Crippen molar-refractivity contribution in [3.8, 4) is 0 Å². The van der Waals surface area contributed by atoms with Crippen molar-refractivity contribution in [3.63, 3.8) is 0 Å². The molecule has 0 radical (unpaired) electrons. The van der Waals surface area contributed by atoms with E-state index in [1.165, 1.54) is 0 Å². The second-order valence-corrected chi connectivity index (χ2v) is 12.9. The number of H-pyrrole nitrogens is 1. The van der Waals surface area contributed by atoms with Crippen molar-refractivity contribution in [2.24, 2.45) is 5.73 Å². The fourth-order valence-electron chi connectivity index (χ4n) is 3.50. The van der Waals surface area contributed by atoms with E-state index in [0.29, 0.717) is 24.1 Å². The number of nitrogens with two attached hydrogens (primary N) is 1. The third-order valence-corrected chi connectivity index (χ3v) is 9.08. The van der Waals surface area contributed by atoms with Gasteiger partial charge >= 0.3 is 29.2 Å². The standard InChI is InChI=1S/C17H31N4O16P3/c18-5-3-1-2-4-6-19-12(22)7-10-8-21(17(26)20-15(10)25)16-14(24)13(23)11(35-16)9-34-39(30,31)37-40(32,33)36-38(27,28)29/h8,11,13-14,16,23-24H,1-7,9,18H2,(H,19,22)(H,30,31)(H,32,33)(H,20,25,26)(H2,27,28,29)/t11-,13-,14+,16-/m1/s1. The average molecular weight is 640 g/mol. The van der Waals surface area contributed by atoms with Crippen molar-refractivity contribution in [1.82, 2.24) is 14.9 Å². The average Bonchev–Trinajstić information content (AvgIpc) is 3.08. The fourth-order valence-corrected chi connectivity index (χ4v) is 6.53. The van der Waals surface area contributed by atoms with Gasteiger partial charge in [-0.3, -0.25) is 23.7 Å². The van der Waals surface area contributed by atoms with Gasteiger partial charge in [0.15, 0.2) is 6.23 Å². The van der Waals surface area contributed by atoms with E-state index in [1.807, 2.05) is 4.98 Å². The maximum absolute atomic E-state index is 12.4. The number of phosphoric acid groups is 3. The van der Waals surface area contributed by atoms with Crippen molar-refractivity contribution in [1.29, 1.82) is 0 Å². The van der Waals surface area contributed by atoms with Crippen LogP contribution in [0.25, 0.3) is 0 Å². The largest absolute Gasteiger partial charge is 0.490 e. The maximum Gasteiger partial charge on any atom is 0.490 e. The number of aromatic amines is 1. The normalized spacial score (nSPS) is 24.4. The highest BCUT2D eigenvalue weighted by atomic mass is 31.3. The molecule has 1 aliphatic heterocycles. The molecule has 1 saturated heterocycles. The summed E-state index contributed by atoms with van der Waals surface area (Å²) >= 11 is 0. The maximum atomic E-state index is 12.4. The number of phosphoric ester groups is 1. The number of hydrogen-bond donors (Lipinski definition) is 9. The predicted molar refractivity (Wildman–Crippen MR) is 131 cm³/mol. The molecule has 1 aromatic heterocycles. The second-order valence-electron chi connectivity index (χ2n) is 8.48. The molecule has 1 amide bonds. The zero-order valence-electron chi connectivity index (χ0n) is 20.7. The molecule has 20 nitrogen and oxygen atoms in total. The summed E-state index contributed by atoms with van der Waals surface area (Å²) in [5.74, 6) is -0.531. The number of nitrogens with zero attached hydrogens (tertiary/aromatic N) is 1. The van der Waals surface area contributed by atoms with E-state index in [9.17, 15) is 48.1 Å². The van der Waals surface area contributed by atoms with Crippen molar-refractivity contribution in [3.05, 3.63) is 32.6 Å². The molecule has 40 heavy (non-hydrogen) atoms. The smallest absolute Gasteiger partial charge is 0.387 e. The Morgan fingerprint density at radius 3 is 2.30 bits per heavy atom. The van der Waals surface area contributed by atoms with Gasteiger partial charge in [-0.15, -0.1) is 0 Å². The Hall–Kier alpha value is -1.60. The third-order valence-electron chi connectivity index (χ3n) is 5.27. The van der Waals surface area contributed by atoms with E-state index in [-0.39, 0.29) is 5.56 Å². The molecule has 0 saturated carbocycles. The van der Waals surface area contributed by atoms with Crippen LogP contribution in [0.5, 0.6) is 0 Å². The Labute approximate surface area is 225 Å². The number of amides is 1. The Morgan fingerprint density at radius 2 is 1.68 bits per heavy atom. The summed E-state index contributed by atoms with van der Waals surface area (Å²) in [7, 11) is -17.0. The zero-order chi connectivity index (χ0) is 30.3. The molecule has 1 fully saturated rings. The topological polar surface area (TPSA) is 319 Å². The summed E-state index contributed by atoms with van der Waals surface area (Å²) in [4.78, 5) is 74.6. The molecule has 23 heteroatoms. The first-order valence-corrected chi connectivity index (χ1v) is 16.1. The molecule has 1 aromatic rings. The van der Waals surface area contributed by atoms with Crippen LogP contribution < -0.4 is 22.3 Å². The Bertz CT molecular complexity index is 1280. The lowest BCUT2D eigenvalue weighted by Crippen LogP contribution is -2.39. The van der Waals surface area contributed by atoms with Crippen molar-refractivity contribution < 1.29 is 66.2 Å². The molecular formula is C17H31N4O16P3. The first-order chi connectivity index (χ1) is 18.4. The lowest BCUT2D eigenvalue weighted by Gasteiger charge is -2.19. The predicted octanol–water partition coefficient (Wildman–Crippen LogP) is -2.32. The highest BCUT2D eigenvalue weighted by Gasteiger charge is 2.47. The van der Waals surface area contributed by atoms with Gasteiger partial charge in [0.05, 0.1) is 13.0 Å². The zero-order valence-corrected chi connectivity index (χ0v) is 23.4. The van der Waals surface area contributed by atoms with Gasteiger partial charge < -0.3 is 45.6 Å². The van der Waals surface area contributed by atoms with Gasteiger partial charge in [0.1, 0.15) is 18.3 Å². The summed E-state index contributed by atoms with van der Waals surface area (Å²) in [6.07, 6.45) is -3.38. The van der Waals surface area contributed by atoms with Crippen LogP contribution in [-0.2, 0) is 42.8 Å². The van der Waals surface area contributed by atoms with Crippen LogP contribution in [-0.4, -0.2) is 83.3 Å². The Balaban J connectivity index is 2.05. The van der Waals surface area contributed by atoms with Gasteiger partial charge in [0.25, 0.3) is 5.56 Å². The Morgan fingerprint density at radius 1 is 1.02 bits per heavy atom. The van der Waals surface area contributed by atoms with Crippen LogP contribution in [0, 0.1) is 0 Å². The van der Waals surface area contributed by atoms with Gasteiger partial charge in [-0.2, -0.15) is 8.62 Å². The number of carbonyl (C=O) groups excluding carboxylic acids is 1. The SMILES string of the molecule is NCCCCCCNC(=O)Cc1cn([C@@H]2O[C@H](COP(=O)(O)OP(=O)(O)OP(=O)(O)O)[C@@H](O)[C@@H]2O)c(=O)[nH]c1=O. The van der Waals surface area contributed by atoms with E-state index in [4.69, 9.17) is 20.3 Å². The van der Waals surface area contributed by atoms with E-state index >= 15 is 0 Å².